The summed E-state index contributed by atoms with van der Waals surface area (Å²) in [5.41, 5.74) is 3.39. The van der Waals surface area contributed by atoms with Gasteiger partial charge in [0, 0.05) is 18.2 Å². The summed E-state index contributed by atoms with van der Waals surface area (Å²) in [7, 11) is 1.51. The van der Waals surface area contributed by atoms with Crippen LogP contribution in [0.4, 0.5) is 0 Å². The van der Waals surface area contributed by atoms with Gasteiger partial charge in [-0.2, -0.15) is 0 Å². The number of rotatable bonds is 8. The molecule has 0 aliphatic heterocycles. The van der Waals surface area contributed by atoms with Crippen LogP contribution in [0.3, 0.4) is 0 Å². The molecule has 1 heterocycles. The summed E-state index contributed by atoms with van der Waals surface area (Å²) in [4.78, 5) is 28.7. The minimum absolute atomic E-state index is 0.00278. The van der Waals surface area contributed by atoms with E-state index in [1.807, 2.05) is 55.5 Å². The highest BCUT2D eigenvalue weighted by Crippen LogP contribution is 2.29. The van der Waals surface area contributed by atoms with E-state index >= 15 is 0 Å². The largest absolute Gasteiger partial charge is 0.493 e. The number of aryl methyl sites for hydroxylation is 1. The van der Waals surface area contributed by atoms with Crippen LogP contribution in [0, 0.1) is 6.92 Å². The molecule has 0 aliphatic rings. The van der Waals surface area contributed by atoms with Gasteiger partial charge in [-0.25, -0.2) is 0 Å². The molecule has 3 rings (SSSR count). The van der Waals surface area contributed by atoms with Gasteiger partial charge >= 0.3 is 5.97 Å². The summed E-state index contributed by atoms with van der Waals surface area (Å²) >= 11 is 0. The Balaban J connectivity index is 1.60. The molecule has 0 bridgehead atoms. The first-order valence-corrected chi connectivity index (χ1v) is 9.63. The summed E-state index contributed by atoms with van der Waals surface area (Å²) in [6.07, 6.45) is 5.60. The second-order valence-corrected chi connectivity index (χ2v) is 6.76. The quantitative estimate of drug-likeness (QED) is 0.297. The van der Waals surface area contributed by atoms with Crippen molar-refractivity contribution < 1.29 is 19.1 Å². The van der Waals surface area contributed by atoms with Crippen LogP contribution in [-0.2, 0) is 4.79 Å². The Morgan fingerprint density at radius 2 is 1.73 bits per heavy atom. The van der Waals surface area contributed by atoms with E-state index in [0.29, 0.717) is 17.1 Å². The number of nitrogens with zero attached hydrogens (tertiary/aromatic N) is 1. The summed E-state index contributed by atoms with van der Waals surface area (Å²) in [6.45, 7) is 1.96. The molecule has 0 aliphatic carbocycles. The minimum atomic E-state index is -0.481. The molecule has 0 amide bonds. The van der Waals surface area contributed by atoms with Gasteiger partial charge < -0.3 is 9.47 Å². The molecule has 0 atom stereocenters. The Morgan fingerprint density at radius 3 is 2.43 bits per heavy atom. The number of methoxy groups -OCH3 is 1. The summed E-state index contributed by atoms with van der Waals surface area (Å²) in [5, 5.41) is 0. The summed E-state index contributed by atoms with van der Waals surface area (Å²) < 4.78 is 10.8. The van der Waals surface area contributed by atoms with Gasteiger partial charge in [0.2, 0.25) is 0 Å². The van der Waals surface area contributed by atoms with Crippen LogP contribution in [0.1, 0.15) is 40.0 Å². The van der Waals surface area contributed by atoms with Gasteiger partial charge in [-0.3, -0.25) is 14.6 Å². The third kappa shape index (κ3) is 5.88. The molecule has 0 saturated carbocycles. The van der Waals surface area contributed by atoms with E-state index in [2.05, 4.69) is 4.98 Å². The third-order valence-electron chi connectivity index (χ3n) is 4.48. The normalized spacial score (nSPS) is 10.7. The van der Waals surface area contributed by atoms with E-state index in [-0.39, 0.29) is 18.6 Å². The first-order chi connectivity index (χ1) is 14.5. The van der Waals surface area contributed by atoms with Crippen LogP contribution in [0.15, 0.2) is 66.9 Å². The number of carbonyl (C=O) groups is 2. The van der Waals surface area contributed by atoms with Gasteiger partial charge in [0.05, 0.1) is 19.2 Å². The summed E-state index contributed by atoms with van der Waals surface area (Å²) in [5.74, 6) is 0.191. The van der Waals surface area contributed by atoms with E-state index in [1.165, 1.54) is 7.11 Å². The molecule has 5 nitrogen and oxygen atoms in total. The topological polar surface area (TPSA) is 65.5 Å². The molecule has 0 unspecified atom stereocenters. The van der Waals surface area contributed by atoms with Gasteiger partial charge in [0.25, 0.3) is 0 Å². The molecule has 0 spiro atoms. The zero-order valence-electron chi connectivity index (χ0n) is 17.0. The smallest absolute Gasteiger partial charge is 0.311 e. The van der Waals surface area contributed by atoms with Crippen LogP contribution in [0.5, 0.6) is 11.5 Å². The highest BCUT2D eigenvalue weighted by atomic mass is 16.6. The van der Waals surface area contributed by atoms with Crippen LogP contribution >= 0.6 is 0 Å². The Bertz CT molecular complexity index is 1040. The van der Waals surface area contributed by atoms with Crippen LogP contribution in [-0.4, -0.2) is 23.8 Å². The number of carbonyl (C=O) groups excluding carboxylic acids is 2. The van der Waals surface area contributed by atoms with Crippen molar-refractivity contribution in [1.29, 1.82) is 0 Å². The van der Waals surface area contributed by atoms with Crippen molar-refractivity contribution in [3.8, 4) is 11.5 Å². The van der Waals surface area contributed by atoms with Gasteiger partial charge in [-0.1, -0.05) is 48.0 Å². The molecule has 5 heteroatoms. The predicted molar refractivity (Wildman–Crippen MR) is 117 cm³/mol. The maximum Gasteiger partial charge on any atom is 0.311 e. The van der Waals surface area contributed by atoms with Crippen molar-refractivity contribution in [2.75, 3.05) is 7.11 Å². The lowest BCUT2D eigenvalue weighted by molar-refractivity contribution is -0.134. The number of hydrogen-bond acceptors (Lipinski definition) is 5. The first-order valence-electron chi connectivity index (χ1n) is 9.63. The molecule has 0 N–H and O–H groups in total. The number of esters is 1. The second kappa shape index (κ2) is 10.2. The van der Waals surface area contributed by atoms with Gasteiger partial charge in [0.1, 0.15) is 0 Å². The number of Topliss-reactive ketones (excluding diaryl/α,β-unsaturated/α-hetero) is 1. The zero-order chi connectivity index (χ0) is 21.3. The maximum absolute atomic E-state index is 12.2. The van der Waals surface area contributed by atoms with Gasteiger partial charge in [0.15, 0.2) is 17.3 Å². The average Bonchev–Trinajstić information content (AvgIpc) is 2.78. The Labute approximate surface area is 176 Å². The SMILES string of the molecule is COc1cc(/C=C/c2ccccn2)ccc1OC(=O)CCC(=O)c1ccc(C)cc1. The standard InChI is InChI=1S/C25H23NO4/c1-18-6-10-20(11-7-18)22(27)13-15-25(28)30-23-14-9-19(17-24(23)29-2)8-12-21-5-3-4-16-26-21/h3-12,14,16-17H,13,15H2,1-2H3/b12-8+. The monoisotopic (exact) mass is 401 g/mol. The number of hydrogen-bond donors (Lipinski definition) is 0. The molecule has 30 heavy (non-hydrogen) atoms. The number of aromatic nitrogens is 1. The number of ketones is 1. The lowest BCUT2D eigenvalue weighted by atomic mass is 10.1. The maximum atomic E-state index is 12.2. The molecule has 3 aromatic rings. The van der Waals surface area contributed by atoms with Gasteiger partial charge in [-0.05, 0) is 42.8 Å². The lowest BCUT2D eigenvalue weighted by Crippen LogP contribution is -2.11. The number of benzene rings is 2. The molecule has 1 aromatic heterocycles. The fourth-order valence-corrected chi connectivity index (χ4v) is 2.80. The second-order valence-electron chi connectivity index (χ2n) is 6.76. The third-order valence-corrected chi connectivity index (χ3v) is 4.48. The lowest BCUT2D eigenvalue weighted by Gasteiger charge is -2.10. The van der Waals surface area contributed by atoms with E-state index in [9.17, 15) is 9.59 Å². The van der Waals surface area contributed by atoms with Crippen molar-refractivity contribution >= 4 is 23.9 Å². The van der Waals surface area contributed by atoms with Crippen molar-refractivity contribution in [3.63, 3.8) is 0 Å². The molecular weight excluding hydrogens is 378 g/mol. The first kappa shape index (κ1) is 21.0. The molecular formula is C25H23NO4. The number of ether oxygens (including phenoxy) is 2. The predicted octanol–water partition coefficient (Wildman–Crippen LogP) is 5.14. The van der Waals surface area contributed by atoms with Crippen LogP contribution in [0.25, 0.3) is 12.2 Å². The van der Waals surface area contributed by atoms with E-state index in [1.54, 1.807) is 30.5 Å². The highest BCUT2D eigenvalue weighted by molar-refractivity contribution is 5.97. The van der Waals surface area contributed by atoms with E-state index in [4.69, 9.17) is 9.47 Å². The number of pyridine rings is 1. The fourth-order valence-electron chi connectivity index (χ4n) is 2.80. The van der Waals surface area contributed by atoms with Gasteiger partial charge in [-0.15, -0.1) is 0 Å². The fraction of sp³-hybridized carbons (Fsp3) is 0.160. The van der Waals surface area contributed by atoms with E-state index in [0.717, 1.165) is 16.8 Å². The molecule has 0 fully saturated rings. The van der Waals surface area contributed by atoms with Crippen LogP contribution < -0.4 is 9.47 Å². The van der Waals surface area contributed by atoms with Crippen molar-refractivity contribution in [2.45, 2.75) is 19.8 Å². The Hall–Kier alpha value is -3.73. The average molecular weight is 401 g/mol. The van der Waals surface area contributed by atoms with Crippen molar-refractivity contribution in [1.82, 2.24) is 4.98 Å². The zero-order valence-corrected chi connectivity index (χ0v) is 17.0. The highest BCUT2D eigenvalue weighted by Gasteiger charge is 2.13. The van der Waals surface area contributed by atoms with Crippen molar-refractivity contribution in [2.24, 2.45) is 0 Å². The Morgan fingerprint density at radius 1 is 0.933 bits per heavy atom. The minimum Gasteiger partial charge on any atom is -0.493 e. The van der Waals surface area contributed by atoms with E-state index < -0.39 is 5.97 Å². The summed E-state index contributed by atoms with van der Waals surface area (Å²) in [6, 6.07) is 18.2. The Kier molecular flexibility index (Phi) is 7.11. The molecule has 0 saturated heterocycles. The van der Waals surface area contributed by atoms with Crippen molar-refractivity contribution in [3.05, 3.63) is 89.2 Å². The molecule has 152 valence electrons. The van der Waals surface area contributed by atoms with Crippen LogP contribution in [0.2, 0.25) is 0 Å². The molecule has 0 radical (unpaired) electrons. The molecule has 2 aromatic carbocycles.